The molecule has 0 amide bonds. The van der Waals surface area contributed by atoms with Gasteiger partial charge < -0.3 is 19.0 Å². The Labute approximate surface area is 178 Å². The van der Waals surface area contributed by atoms with Crippen molar-refractivity contribution in [3.63, 3.8) is 0 Å². The van der Waals surface area contributed by atoms with Crippen molar-refractivity contribution in [2.45, 2.75) is 76.8 Å². The number of carbonyl (C=O) groups excluding carboxylic acids is 3. The van der Waals surface area contributed by atoms with Gasteiger partial charge in [-0.1, -0.05) is 26.3 Å². The van der Waals surface area contributed by atoms with Gasteiger partial charge in [-0.3, -0.25) is 9.59 Å². The molecule has 0 aromatic rings. The lowest BCUT2D eigenvalue weighted by Gasteiger charge is -2.53. The van der Waals surface area contributed by atoms with Gasteiger partial charge in [0.15, 0.2) is 11.4 Å². The van der Waals surface area contributed by atoms with Crippen LogP contribution in [0.2, 0.25) is 0 Å². The molecule has 0 N–H and O–H groups in total. The topological polar surface area (TPSA) is 85.5 Å². The maximum atomic E-state index is 13.4. The molecule has 5 aliphatic rings. The van der Waals surface area contributed by atoms with Gasteiger partial charge in [0.1, 0.15) is 19.0 Å². The van der Waals surface area contributed by atoms with E-state index in [1.54, 1.807) is 0 Å². The van der Waals surface area contributed by atoms with Gasteiger partial charge >= 0.3 is 0 Å². The van der Waals surface area contributed by atoms with Crippen LogP contribution in [0.3, 0.4) is 0 Å². The van der Waals surface area contributed by atoms with Crippen molar-refractivity contribution in [3.8, 4) is 12.8 Å². The van der Waals surface area contributed by atoms with Crippen LogP contribution >= 0.6 is 0 Å². The average molecular weight is 417 g/mol. The number of ether oxygens (including phenoxy) is 3. The van der Waals surface area contributed by atoms with Crippen molar-refractivity contribution in [2.75, 3.05) is 6.61 Å². The third-order valence-corrected chi connectivity index (χ3v) is 8.34. The second-order valence-electron chi connectivity index (χ2n) is 9.55. The Morgan fingerprint density at radius 3 is 2.50 bits per heavy atom. The lowest BCUT2D eigenvalue weighted by Crippen LogP contribution is -2.65. The molecule has 2 unspecified atom stereocenters. The molecule has 2 heterocycles. The molecule has 6 nitrogen and oxygen atoms in total. The van der Waals surface area contributed by atoms with Gasteiger partial charge in [0.2, 0.25) is 0 Å². The van der Waals surface area contributed by atoms with E-state index in [1.165, 1.54) is 11.1 Å². The predicted molar refractivity (Wildman–Crippen MR) is 110 cm³/mol. The highest BCUT2D eigenvalue weighted by Gasteiger charge is 2.93. The smallest absolute Gasteiger partial charge is 0.293 e. The predicted octanol–water partition coefficient (Wildman–Crippen LogP) is 2.88. The summed E-state index contributed by atoms with van der Waals surface area (Å²) in [7, 11) is 0. The van der Waals surface area contributed by atoms with E-state index in [0.717, 1.165) is 25.7 Å². The Balaban J connectivity index is 0.000000606. The standard InChI is InChI=1S/C21H28O5.C2H2.CH2O/c1-11(2)13-7-17-21(26-17)19(4)6-5-12(3)14(9-24-10-22)15(19)8-16-20(21,25-16)18(13)23;2*1-2/h10-11,13,15-17H,5-9H2,1-4H3;1-2H;1H2/t13?,15?,16-,17-,19-,20+,21+;;/m0../s1. The zero-order valence-electron chi connectivity index (χ0n) is 18.3. The molecule has 0 aromatic heterocycles. The average Bonchev–Trinajstić information content (AvgIpc) is 3.65. The van der Waals surface area contributed by atoms with Gasteiger partial charge in [-0.2, -0.15) is 0 Å². The molecule has 2 aliphatic heterocycles. The first-order chi connectivity index (χ1) is 14.3. The van der Waals surface area contributed by atoms with Crippen LogP contribution < -0.4 is 0 Å². The van der Waals surface area contributed by atoms with Crippen LogP contribution in [0, 0.1) is 36.0 Å². The molecule has 0 radical (unpaired) electrons. The number of ketones is 1. The van der Waals surface area contributed by atoms with Crippen molar-refractivity contribution >= 4 is 19.0 Å². The fourth-order valence-electron chi connectivity index (χ4n) is 6.85. The Bertz CT molecular complexity index is 784. The third kappa shape index (κ3) is 2.55. The molecule has 3 aliphatic carbocycles. The summed E-state index contributed by atoms with van der Waals surface area (Å²) in [6.45, 7) is 11.6. The second-order valence-corrected chi connectivity index (χ2v) is 9.55. The summed E-state index contributed by atoms with van der Waals surface area (Å²) in [4.78, 5) is 32.2. The number of Topliss-reactive ketones (excluding diaryl/α,β-unsaturated/α-hetero) is 1. The molecule has 0 bridgehead atoms. The Morgan fingerprint density at radius 2 is 1.90 bits per heavy atom. The number of allylic oxidation sites excluding steroid dienone is 1. The minimum atomic E-state index is -0.710. The monoisotopic (exact) mass is 416 g/mol. The summed E-state index contributed by atoms with van der Waals surface area (Å²) < 4.78 is 17.8. The fourth-order valence-corrected chi connectivity index (χ4v) is 6.85. The van der Waals surface area contributed by atoms with E-state index >= 15 is 0 Å². The summed E-state index contributed by atoms with van der Waals surface area (Å²) in [6, 6.07) is 0. The zero-order valence-corrected chi connectivity index (χ0v) is 18.3. The summed E-state index contributed by atoms with van der Waals surface area (Å²) in [5.74, 6) is 0.895. The first-order valence-corrected chi connectivity index (χ1v) is 10.6. The van der Waals surface area contributed by atoms with E-state index in [0.29, 0.717) is 19.0 Å². The SMILES string of the molecule is C#C.C=O.CC1=C(COC=O)C2C[C@@H]3O[C@@]34C(=O)C(C(C)C)C[C@@H]3O[C@@]34[C@@]2(C)CC1. The zero-order chi connectivity index (χ0) is 22.5. The van der Waals surface area contributed by atoms with Crippen LogP contribution in [0.4, 0.5) is 0 Å². The molecule has 2 saturated heterocycles. The summed E-state index contributed by atoms with van der Waals surface area (Å²) in [5, 5.41) is 0. The summed E-state index contributed by atoms with van der Waals surface area (Å²) in [5.41, 5.74) is 1.22. The molecule has 4 fully saturated rings. The molecule has 30 heavy (non-hydrogen) atoms. The summed E-state index contributed by atoms with van der Waals surface area (Å²) >= 11 is 0. The second kappa shape index (κ2) is 7.62. The lowest BCUT2D eigenvalue weighted by atomic mass is 9.47. The van der Waals surface area contributed by atoms with Crippen molar-refractivity contribution in [2.24, 2.45) is 23.2 Å². The van der Waals surface area contributed by atoms with Crippen molar-refractivity contribution in [3.05, 3.63) is 11.1 Å². The van der Waals surface area contributed by atoms with Crippen LogP contribution in [0.25, 0.3) is 0 Å². The van der Waals surface area contributed by atoms with Crippen LogP contribution in [-0.2, 0) is 28.6 Å². The minimum absolute atomic E-state index is 0.0412. The molecule has 2 spiro atoms. The largest absolute Gasteiger partial charge is 0.463 e. The number of hydrogen-bond donors (Lipinski definition) is 0. The Hall–Kier alpha value is -1.97. The van der Waals surface area contributed by atoms with Crippen molar-refractivity contribution in [1.29, 1.82) is 0 Å². The van der Waals surface area contributed by atoms with Crippen molar-refractivity contribution < 1.29 is 28.6 Å². The quantitative estimate of drug-likeness (QED) is 0.303. The van der Waals surface area contributed by atoms with Gasteiger partial charge in [-0.25, -0.2) is 0 Å². The first kappa shape index (κ1) is 22.7. The Kier molecular flexibility index (Phi) is 5.77. The van der Waals surface area contributed by atoms with Crippen LogP contribution in [-0.4, -0.2) is 49.1 Å². The minimum Gasteiger partial charge on any atom is -0.463 e. The van der Waals surface area contributed by atoms with Crippen molar-refractivity contribution in [1.82, 2.24) is 0 Å². The number of fused-ring (bicyclic) bond motifs is 1. The highest BCUT2D eigenvalue weighted by Crippen LogP contribution is 2.78. The first-order valence-electron chi connectivity index (χ1n) is 10.6. The highest BCUT2D eigenvalue weighted by molar-refractivity contribution is 5.97. The molecule has 7 atom stereocenters. The van der Waals surface area contributed by atoms with E-state index in [4.69, 9.17) is 19.0 Å². The number of rotatable bonds is 4. The molecular weight excluding hydrogens is 384 g/mol. The van der Waals surface area contributed by atoms with E-state index in [1.807, 2.05) is 6.79 Å². The maximum Gasteiger partial charge on any atom is 0.293 e. The maximum absolute atomic E-state index is 13.4. The van der Waals surface area contributed by atoms with Gasteiger partial charge in [0.25, 0.3) is 6.47 Å². The molecule has 164 valence electrons. The van der Waals surface area contributed by atoms with E-state index < -0.39 is 11.2 Å². The molecule has 2 saturated carbocycles. The van der Waals surface area contributed by atoms with Crippen LogP contribution in [0.5, 0.6) is 0 Å². The molecular formula is C24H32O6. The molecule has 6 heteroatoms. The van der Waals surface area contributed by atoms with Crippen LogP contribution in [0.15, 0.2) is 11.1 Å². The van der Waals surface area contributed by atoms with E-state index in [-0.39, 0.29) is 35.2 Å². The lowest BCUT2D eigenvalue weighted by molar-refractivity contribution is -0.139. The number of terminal acetylenes is 1. The molecule has 0 aromatic carbocycles. The number of epoxide rings is 2. The van der Waals surface area contributed by atoms with Gasteiger partial charge in [0, 0.05) is 11.3 Å². The third-order valence-electron chi connectivity index (χ3n) is 8.34. The normalized spacial score (nSPS) is 44.6. The highest BCUT2D eigenvalue weighted by atomic mass is 16.7. The number of carbonyl (C=O) groups is 3. The van der Waals surface area contributed by atoms with Gasteiger partial charge in [-0.05, 0) is 50.0 Å². The van der Waals surface area contributed by atoms with E-state index in [2.05, 4.69) is 40.5 Å². The van der Waals surface area contributed by atoms with Gasteiger partial charge in [-0.15, -0.1) is 12.8 Å². The Morgan fingerprint density at radius 1 is 1.23 bits per heavy atom. The van der Waals surface area contributed by atoms with Crippen LogP contribution in [0.1, 0.15) is 53.4 Å². The molecule has 5 rings (SSSR count). The van der Waals surface area contributed by atoms with Gasteiger partial charge in [0.05, 0.1) is 12.2 Å². The van der Waals surface area contributed by atoms with E-state index in [9.17, 15) is 9.59 Å². The number of hydrogen-bond acceptors (Lipinski definition) is 6. The fraction of sp³-hybridized carbons (Fsp3) is 0.708. The summed E-state index contributed by atoms with van der Waals surface area (Å²) in [6.07, 6.45) is 11.7.